The van der Waals surface area contributed by atoms with Gasteiger partial charge in [0.2, 0.25) is 5.91 Å². The van der Waals surface area contributed by atoms with Gasteiger partial charge in [0.15, 0.2) is 11.5 Å². The van der Waals surface area contributed by atoms with E-state index in [9.17, 15) is 4.79 Å². The van der Waals surface area contributed by atoms with E-state index in [0.717, 1.165) is 32.1 Å². The minimum Gasteiger partial charge on any atom is -0.493 e. The molecule has 0 fully saturated rings. The molecular formula is C20H20N2O3S. The number of hydrogen-bond acceptors (Lipinski definition) is 5. The Bertz CT molecular complexity index is 934. The van der Waals surface area contributed by atoms with Gasteiger partial charge in [-0.1, -0.05) is 19.1 Å². The third-order valence-corrected chi connectivity index (χ3v) is 5.60. The van der Waals surface area contributed by atoms with Crippen LogP contribution in [0.3, 0.4) is 0 Å². The molecule has 0 saturated carbocycles. The molecule has 6 heteroatoms. The molecule has 0 bridgehead atoms. The Morgan fingerprint density at radius 1 is 1.35 bits per heavy atom. The maximum atomic E-state index is 12.2. The van der Waals surface area contributed by atoms with Crippen LogP contribution in [-0.4, -0.2) is 36.1 Å². The van der Waals surface area contributed by atoms with Crippen LogP contribution in [-0.2, 0) is 11.3 Å². The van der Waals surface area contributed by atoms with Crippen molar-refractivity contribution in [3.8, 4) is 22.1 Å². The number of fused-ring (bicyclic) bond motifs is 2. The fourth-order valence-corrected chi connectivity index (χ4v) is 4.14. The Balaban J connectivity index is 1.80. The lowest BCUT2D eigenvalue weighted by molar-refractivity contribution is -0.131. The summed E-state index contributed by atoms with van der Waals surface area (Å²) in [7, 11) is 1.64. The normalized spacial score (nSPS) is 13.8. The van der Waals surface area contributed by atoms with E-state index in [1.165, 1.54) is 0 Å². The lowest BCUT2D eigenvalue weighted by Gasteiger charge is -2.19. The van der Waals surface area contributed by atoms with E-state index in [4.69, 9.17) is 14.5 Å². The number of para-hydroxylation sites is 1. The van der Waals surface area contributed by atoms with E-state index in [0.29, 0.717) is 31.9 Å². The van der Waals surface area contributed by atoms with E-state index in [-0.39, 0.29) is 5.91 Å². The van der Waals surface area contributed by atoms with Crippen LogP contribution in [0.15, 0.2) is 36.4 Å². The zero-order chi connectivity index (χ0) is 18.1. The molecule has 1 aromatic heterocycles. The summed E-state index contributed by atoms with van der Waals surface area (Å²) in [6.07, 6.45) is 0.490. The van der Waals surface area contributed by atoms with Crippen LogP contribution >= 0.6 is 11.3 Å². The van der Waals surface area contributed by atoms with Crippen LogP contribution in [0.25, 0.3) is 20.8 Å². The predicted molar refractivity (Wildman–Crippen MR) is 103 cm³/mol. The van der Waals surface area contributed by atoms with Crippen LogP contribution in [0.1, 0.15) is 18.9 Å². The fourth-order valence-electron chi connectivity index (χ4n) is 3.19. The number of rotatable bonds is 3. The van der Waals surface area contributed by atoms with Gasteiger partial charge >= 0.3 is 0 Å². The molecule has 1 aliphatic heterocycles. The topological polar surface area (TPSA) is 51.7 Å². The summed E-state index contributed by atoms with van der Waals surface area (Å²) in [4.78, 5) is 18.8. The number of ether oxygens (including phenoxy) is 2. The maximum Gasteiger partial charge on any atom is 0.222 e. The van der Waals surface area contributed by atoms with Gasteiger partial charge in [0.25, 0.3) is 0 Å². The quantitative estimate of drug-likeness (QED) is 0.698. The van der Waals surface area contributed by atoms with Crippen molar-refractivity contribution in [1.82, 2.24) is 9.88 Å². The molecule has 0 N–H and O–H groups in total. The fraction of sp³-hybridized carbons (Fsp3) is 0.300. The number of nitrogens with zero attached hydrogens (tertiary/aromatic N) is 2. The Hall–Kier alpha value is -2.60. The van der Waals surface area contributed by atoms with E-state index in [1.807, 2.05) is 36.1 Å². The molecule has 0 saturated heterocycles. The second-order valence-corrected chi connectivity index (χ2v) is 7.20. The van der Waals surface area contributed by atoms with Crippen molar-refractivity contribution in [2.75, 3.05) is 20.3 Å². The van der Waals surface area contributed by atoms with Gasteiger partial charge in [-0.3, -0.25) is 4.79 Å². The molecule has 0 unspecified atom stereocenters. The van der Waals surface area contributed by atoms with Crippen LogP contribution in [0.4, 0.5) is 0 Å². The number of hydrogen-bond donors (Lipinski definition) is 0. The zero-order valence-electron chi connectivity index (χ0n) is 14.8. The molecule has 5 nitrogen and oxygen atoms in total. The average Bonchev–Trinajstić information content (AvgIpc) is 2.99. The van der Waals surface area contributed by atoms with Crippen molar-refractivity contribution in [2.45, 2.75) is 19.9 Å². The zero-order valence-corrected chi connectivity index (χ0v) is 15.6. The molecule has 0 radical (unpaired) electrons. The number of amides is 1. The third kappa shape index (κ3) is 3.01. The number of carbonyl (C=O) groups excluding carboxylic acids is 1. The summed E-state index contributed by atoms with van der Waals surface area (Å²) in [5, 5.41) is 0.935. The molecule has 0 spiro atoms. The Morgan fingerprint density at radius 3 is 2.96 bits per heavy atom. The van der Waals surface area contributed by atoms with Gasteiger partial charge in [-0.05, 0) is 24.3 Å². The first-order valence-corrected chi connectivity index (χ1v) is 9.48. The van der Waals surface area contributed by atoms with Gasteiger partial charge in [-0.15, -0.1) is 11.3 Å². The summed E-state index contributed by atoms with van der Waals surface area (Å²) < 4.78 is 12.6. The molecule has 26 heavy (non-hydrogen) atoms. The van der Waals surface area contributed by atoms with E-state index in [1.54, 1.807) is 18.4 Å². The first kappa shape index (κ1) is 16.8. The lowest BCUT2D eigenvalue weighted by Crippen LogP contribution is -2.31. The summed E-state index contributed by atoms with van der Waals surface area (Å²) in [6, 6.07) is 12.1. The predicted octanol–water partition coefficient (Wildman–Crippen LogP) is 4.10. The average molecular weight is 368 g/mol. The highest BCUT2D eigenvalue weighted by atomic mass is 32.1. The van der Waals surface area contributed by atoms with Gasteiger partial charge in [0.1, 0.15) is 11.6 Å². The summed E-state index contributed by atoms with van der Waals surface area (Å²) in [6.45, 7) is 3.46. The van der Waals surface area contributed by atoms with Gasteiger partial charge in [0, 0.05) is 24.1 Å². The second kappa shape index (κ2) is 6.96. The van der Waals surface area contributed by atoms with Crippen molar-refractivity contribution in [1.29, 1.82) is 0 Å². The first-order valence-electron chi connectivity index (χ1n) is 8.67. The van der Waals surface area contributed by atoms with Crippen molar-refractivity contribution >= 4 is 27.5 Å². The van der Waals surface area contributed by atoms with Crippen molar-refractivity contribution in [3.05, 3.63) is 42.0 Å². The maximum absolute atomic E-state index is 12.2. The first-order chi connectivity index (χ1) is 12.7. The van der Waals surface area contributed by atoms with E-state index < -0.39 is 0 Å². The largest absolute Gasteiger partial charge is 0.493 e. The Kier molecular flexibility index (Phi) is 4.51. The highest BCUT2D eigenvalue weighted by Gasteiger charge is 2.23. The van der Waals surface area contributed by atoms with Crippen molar-refractivity contribution < 1.29 is 14.3 Å². The number of carbonyl (C=O) groups is 1. The molecule has 134 valence electrons. The smallest absolute Gasteiger partial charge is 0.222 e. The number of thiazole rings is 1. The van der Waals surface area contributed by atoms with Gasteiger partial charge < -0.3 is 14.4 Å². The van der Waals surface area contributed by atoms with Gasteiger partial charge in [0.05, 0.1) is 23.9 Å². The highest BCUT2D eigenvalue weighted by molar-refractivity contribution is 7.21. The highest BCUT2D eigenvalue weighted by Crippen LogP contribution is 2.40. The standard InChI is InChI=1S/C20H20N2O3S/c1-3-18(23)22-8-9-25-19-14(12-22)10-13(11-16(19)24-2)20-21-15-6-4-5-7-17(15)26-20/h4-7,10-11H,3,8-9,12H2,1-2H3. The SMILES string of the molecule is CCC(=O)N1CCOc2c(cc(-c3nc4ccccc4s3)cc2OC)C1. The molecule has 4 rings (SSSR count). The minimum absolute atomic E-state index is 0.130. The monoisotopic (exact) mass is 368 g/mol. The second-order valence-electron chi connectivity index (χ2n) is 6.17. The number of aromatic nitrogens is 1. The molecule has 1 aliphatic rings. The van der Waals surface area contributed by atoms with Gasteiger partial charge in [-0.25, -0.2) is 4.98 Å². The number of methoxy groups -OCH3 is 1. The molecule has 0 aliphatic carbocycles. The van der Waals surface area contributed by atoms with Gasteiger partial charge in [-0.2, -0.15) is 0 Å². The Morgan fingerprint density at radius 2 is 2.19 bits per heavy atom. The summed E-state index contributed by atoms with van der Waals surface area (Å²) in [5.41, 5.74) is 2.93. The third-order valence-electron chi connectivity index (χ3n) is 4.52. The van der Waals surface area contributed by atoms with Crippen molar-refractivity contribution in [2.24, 2.45) is 0 Å². The van der Waals surface area contributed by atoms with Crippen LogP contribution in [0.2, 0.25) is 0 Å². The molecule has 2 heterocycles. The Labute approximate surface area is 156 Å². The van der Waals surface area contributed by atoms with E-state index >= 15 is 0 Å². The van der Waals surface area contributed by atoms with Crippen LogP contribution in [0, 0.1) is 0 Å². The molecular weight excluding hydrogens is 348 g/mol. The minimum atomic E-state index is 0.130. The molecule has 1 amide bonds. The van der Waals surface area contributed by atoms with Crippen LogP contribution in [0.5, 0.6) is 11.5 Å². The molecule has 2 aromatic carbocycles. The number of benzene rings is 2. The molecule has 0 atom stereocenters. The lowest BCUT2D eigenvalue weighted by atomic mass is 10.1. The van der Waals surface area contributed by atoms with Crippen LogP contribution < -0.4 is 9.47 Å². The summed E-state index contributed by atoms with van der Waals surface area (Å²) in [5.74, 6) is 1.54. The molecule has 3 aromatic rings. The summed E-state index contributed by atoms with van der Waals surface area (Å²) >= 11 is 1.65. The van der Waals surface area contributed by atoms with Crippen molar-refractivity contribution in [3.63, 3.8) is 0 Å². The van der Waals surface area contributed by atoms with E-state index in [2.05, 4.69) is 12.1 Å².